The van der Waals surface area contributed by atoms with Crippen LogP contribution in [0, 0.1) is 11.3 Å². The van der Waals surface area contributed by atoms with Gasteiger partial charge in [-0.25, -0.2) is 4.57 Å². The second kappa shape index (κ2) is 8.10. The van der Waals surface area contributed by atoms with Crippen molar-refractivity contribution in [1.82, 2.24) is 0 Å². The van der Waals surface area contributed by atoms with E-state index in [2.05, 4.69) is 0 Å². The van der Waals surface area contributed by atoms with Crippen LogP contribution >= 0.6 is 19.2 Å². The number of para-hydroxylation sites is 2. The lowest BCUT2D eigenvalue weighted by Crippen LogP contribution is -2.07. The number of hydrogen-bond donors (Lipinski definition) is 0. The van der Waals surface area contributed by atoms with E-state index >= 15 is 0 Å². The van der Waals surface area contributed by atoms with Crippen molar-refractivity contribution in [2.24, 2.45) is 0 Å². The van der Waals surface area contributed by atoms with Gasteiger partial charge in [-0.15, -0.1) is 11.6 Å². The fourth-order valence-electron chi connectivity index (χ4n) is 2.27. The molecular formula is C20H15ClNO3P. The molecule has 3 rings (SSSR count). The van der Waals surface area contributed by atoms with Gasteiger partial charge >= 0.3 is 7.60 Å². The van der Waals surface area contributed by atoms with E-state index in [-0.39, 0.29) is 0 Å². The highest BCUT2D eigenvalue weighted by atomic mass is 35.5. The number of hydrogen-bond acceptors (Lipinski definition) is 4. The van der Waals surface area contributed by atoms with Crippen LogP contribution in [0.15, 0.2) is 84.9 Å². The third-order valence-electron chi connectivity index (χ3n) is 3.54. The highest BCUT2D eigenvalue weighted by Crippen LogP contribution is 2.62. The highest BCUT2D eigenvalue weighted by molar-refractivity contribution is 7.56. The van der Waals surface area contributed by atoms with Crippen molar-refractivity contribution in [3.63, 3.8) is 0 Å². The van der Waals surface area contributed by atoms with Gasteiger partial charge in [-0.3, -0.25) is 0 Å². The minimum atomic E-state index is -3.82. The smallest absolute Gasteiger partial charge is 0.415 e. The van der Waals surface area contributed by atoms with Gasteiger partial charge in [0.15, 0.2) is 5.12 Å². The fraction of sp³-hybridized carbons (Fsp3) is 0.0500. The topological polar surface area (TPSA) is 59.3 Å². The first kappa shape index (κ1) is 18.1. The molecule has 0 saturated heterocycles. The number of halogens is 1. The van der Waals surface area contributed by atoms with E-state index in [4.69, 9.17) is 25.9 Å². The van der Waals surface area contributed by atoms with Crippen LogP contribution in [0.4, 0.5) is 0 Å². The summed E-state index contributed by atoms with van der Waals surface area (Å²) in [4.78, 5) is 0. The Bertz CT molecular complexity index is 895. The van der Waals surface area contributed by atoms with Crippen LogP contribution in [0.1, 0.15) is 16.2 Å². The van der Waals surface area contributed by atoms with Crippen LogP contribution in [-0.2, 0) is 4.57 Å². The largest absolute Gasteiger partial charge is 0.452 e. The lowest BCUT2D eigenvalue weighted by atomic mass is 10.2. The zero-order valence-electron chi connectivity index (χ0n) is 13.7. The molecule has 3 aromatic rings. The monoisotopic (exact) mass is 383 g/mol. The first-order chi connectivity index (χ1) is 12.6. The Labute approximate surface area is 157 Å². The predicted molar refractivity (Wildman–Crippen MR) is 101 cm³/mol. The van der Waals surface area contributed by atoms with Crippen LogP contribution in [-0.4, -0.2) is 0 Å². The molecule has 0 aliphatic carbocycles. The van der Waals surface area contributed by atoms with Gasteiger partial charge in [0.25, 0.3) is 0 Å². The van der Waals surface area contributed by atoms with Gasteiger partial charge in [0.2, 0.25) is 0 Å². The number of rotatable bonds is 6. The molecule has 3 aromatic carbocycles. The van der Waals surface area contributed by atoms with Crippen LogP contribution in [0.2, 0.25) is 0 Å². The van der Waals surface area contributed by atoms with Gasteiger partial charge in [0.05, 0.1) is 11.6 Å². The molecule has 6 heteroatoms. The number of nitrogens with zero attached hydrogens (tertiary/aromatic N) is 1. The first-order valence-electron chi connectivity index (χ1n) is 7.84. The average Bonchev–Trinajstić information content (AvgIpc) is 2.69. The van der Waals surface area contributed by atoms with Crippen molar-refractivity contribution in [3.05, 3.63) is 96.1 Å². The van der Waals surface area contributed by atoms with Gasteiger partial charge in [0, 0.05) is 0 Å². The molecule has 0 aliphatic rings. The van der Waals surface area contributed by atoms with E-state index in [1.165, 1.54) is 0 Å². The molecule has 0 bridgehead atoms. The Hall–Kier alpha value is -2.73. The van der Waals surface area contributed by atoms with Gasteiger partial charge in [0.1, 0.15) is 11.5 Å². The summed E-state index contributed by atoms with van der Waals surface area (Å²) in [6.45, 7) is 0. The fourth-order valence-corrected chi connectivity index (χ4v) is 4.24. The van der Waals surface area contributed by atoms with Gasteiger partial charge in [-0.05, 0) is 42.0 Å². The normalized spacial score (nSPS) is 12.0. The molecule has 4 nitrogen and oxygen atoms in total. The molecule has 26 heavy (non-hydrogen) atoms. The molecule has 0 N–H and O–H groups in total. The third kappa shape index (κ3) is 4.26. The Kier molecular flexibility index (Phi) is 5.63. The molecule has 0 amide bonds. The van der Waals surface area contributed by atoms with Crippen molar-refractivity contribution in [1.29, 1.82) is 5.26 Å². The van der Waals surface area contributed by atoms with E-state index in [0.717, 1.165) is 0 Å². The molecule has 0 heterocycles. The molecule has 0 saturated carbocycles. The number of benzene rings is 3. The number of nitriles is 1. The minimum absolute atomic E-state index is 0.394. The summed E-state index contributed by atoms with van der Waals surface area (Å²) >= 11 is 6.51. The predicted octanol–water partition coefficient (Wildman–Crippen LogP) is 6.15. The summed E-state index contributed by atoms with van der Waals surface area (Å²) in [5.74, 6) is 0.789. The number of alkyl halides is 1. The van der Waals surface area contributed by atoms with E-state index < -0.39 is 12.7 Å². The zero-order valence-corrected chi connectivity index (χ0v) is 15.3. The van der Waals surface area contributed by atoms with E-state index in [0.29, 0.717) is 22.6 Å². The summed E-state index contributed by atoms with van der Waals surface area (Å²) in [7, 11) is -3.82. The van der Waals surface area contributed by atoms with Crippen LogP contribution in [0.5, 0.6) is 11.5 Å². The lowest BCUT2D eigenvalue weighted by molar-refractivity contribution is 0.383. The maximum absolute atomic E-state index is 13.6. The van der Waals surface area contributed by atoms with Crippen molar-refractivity contribution in [3.8, 4) is 17.6 Å². The summed E-state index contributed by atoms with van der Waals surface area (Å²) in [6, 6.07) is 26.0. The van der Waals surface area contributed by atoms with Gasteiger partial charge < -0.3 is 9.05 Å². The van der Waals surface area contributed by atoms with Gasteiger partial charge in [-0.2, -0.15) is 5.26 Å². The Balaban J connectivity index is 1.95. The Morgan fingerprint density at radius 1 is 0.808 bits per heavy atom. The average molecular weight is 384 g/mol. The maximum Gasteiger partial charge on any atom is 0.452 e. The maximum atomic E-state index is 13.6. The lowest BCUT2D eigenvalue weighted by Gasteiger charge is -2.24. The molecular weight excluding hydrogens is 369 g/mol. The summed E-state index contributed by atoms with van der Waals surface area (Å²) in [5, 5.41) is 7.88. The van der Waals surface area contributed by atoms with Crippen molar-refractivity contribution < 1.29 is 13.6 Å². The molecule has 130 valence electrons. The van der Waals surface area contributed by atoms with E-state index in [9.17, 15) is 4.57 Å². The third-order valence-corrected chi connectivity index (χ3v) is 6.30. The van der Waals surface area contributed by atoms with Crippen LogP contribution in [0.25, 0.3) is 0 Å². The highest BCUT2D eigenvalue weighted by Gasteiger charge is 2.39. The Morgan fingerprint density at radius 2 is 1.27 bits per heavy atom. The second-order valence-corrected chi connectivity index (χ2v) is 8.12. The molecule has 1 atom stereocenters. The second-order valence-electron chi connectivity index (χ2n) is 5.42. The SMILES string of the molecule is N#Cc1ccc(C(Cl)P(=O)(Oc2ccccc2)Oc2ccccc2)cc1. The molecule has 0 spiro atoms. The zero-order chi connectivity index (χ0) is 18.4. The molecule has 0 radical (unpaired) electrons. The molecule has 1 unspecified atom stereocenters. The summed E-state index contributed by atoms with van der Waals surface area (Å²) in [6.07, 6.45) is 0. The first-order valence-corrected chi connectivity index (χ1v) is 9.89. The van der Waals surface area contributed by atoms with Crippen molar-refractivity contribution in [2.45, 2.75) is 5.12 Å². The minimum Gasteiger partial charge on any atom is -0.415 e. The van der Waals surface area contributed by atoms with E-state index in [1.807, 2.05) is 18.2 Å². The van der Waals surface area contributed by atoms with E-state index in [1.54, 1.807) is 72.8 Å². The van der Waals surface area contributed by atoms with Gasteiger partial charge in [-0.1, -0.05) is 48.5 Å². The van der Waals surface area contributed by atoms with Crippen molar-refractivity contribution in [2.75, 3.05) is 0 Å². The molecule has 0 fully saturated rings. The molecule has 0 aliphatic heterocycles. The quantitative estimate of drug-likeness (QED) is 0.378. The Morgan fingerprint density at radius 3 is 1.69 bits per heavy atom. The summed E-state index contributed by atoms with van der Waals surface area (Å²) < 4.78 is 25.0. The van der Waals surface area contributed by atoms with Crippen LogP contribution < -0.4 is 9.05 Å². The summed E-state index contributed by atoms with van der Waals surface area (Å²) in [5.41, 5.74) is 1.03. The standard InChI is InChI=1S/C20H15ClNO3P/c21-20(17-13-11-16(15-22)12-14-17)26(23,24-18-7-3-1-4-8-18)25-19-9-5-2-6-10-19/h1-14,20H. The van der Waals surface area contributed by atoms with Crippen LogP contribution in [0.3, 0.4) is 0 Å². The van der Waals surface area contributed by atoms with Crippen molar-refractivity contribution >= 4 is 19.2 Å². The molecule has 0 aromatic heterocycles.